The van der Waals surface area contributed by atoms with E-state index in [1.807, 2.05) is 36.4 Å². The highest BCUT2D eigenvalue weighted by Crippen LogP contribution is 2.26. The molecule has 3 rings (SSSR count). The number of nitrogens with zero attached hydrogens (tertiary/aromatic N) is 3. The molecular formula is C20H19N3O2S. The second-order valence-electron chi connectivity index (χ2n) is 5.99. The number of carbonyl (C=O) groups is 1. The first-order chi connectivity index (χ1) is 12.6. The maximum atomic E-state index is 11.2. The molecule has 6 heteroatoms. The number of thiocarbonyl (C=S) groups is 1. The van der Waals surface area contributed by atoms with Gasteiger partial charge in [-0.2, -0.15) is 5.26 Å². The van der Waals surface area contributed by atoms with Crippen molar-refractivity contribution in [3.63, 3.8) is 0 Å². The van der Waals surface area contributed by atoms with Crippen LogP contribution in [0, 0.1) is 11.3 Å². The average molecular weight is 365 g/mol. The van der Waals surface area contributed by atoms with Crippen molar-refractivity contribution in [1.82, 2.24) is 0 Å². The monoisotopic (exact) mass is 365 g/mol. The Morgan fingerprint density at radius 3 is 2.12 bits per heavy atom. The summed E-state index contributed by atoms with van der Waals surface area (Å²) in [6, 6.07) is 17.7. The molecule has 0 aromatic heterocycles. The number of ether oxygens (including phenoxy) is 1. The largest absolute Gasteiger partial charge is 0.469 e. The second-order valence-corrected chi connectivity index (χ2v) is 6.35. The van der Waals surface area contributed by atoms with Crippen LogP contribution in [0.15, 0.2) is 48.5 Å². The number of esters is 1. The molecule has 1 heterocycles. The summed E-state index contributed by atoms with van der Waals surface area (Å²) in [5.74, 6) is -0.201. The minimum atomic E-state index is -0.201. The van der Waals surface area contributed by atoms with E-state index < -0.39 is 0 Å². The number of benzene rings is 2. The number of carbonyl (C=O) groups excluding carboxylic acids is 1. The number of anilines is 2. The maximum absolute atomic E-state index is 11.2. The van der Waals surface area contributed by atoms with E-state index >= 15 is 0 Å². The third-order valence-corrected chi connectivity index (χ3v) is 4.85. The minimum Gasteiger partial charge on any atom is -0.469 e. The van der Waals surface area contributed by atoms with Gasteiger partial charge >= 0.3 is 5.97 Å². The van der Waals surface area contributed by atoms with E-state index in [-0.39, 0.29) is 5.97 Å². The number of aryl methyl sites for hydroxylation is 1. The summed E-state index contributed by atoms with van der Waals surface area (Å²) in [6.07, 6.45) is 1.04. The molecule has 0 atom stereocenters. The molecule has 2 aromatic carbocycles. The lowest BCUT2D eigenvalue weighted by Crippen LogP contribution is -2.31. The van der Waals surface area contributed by atoms with Gasteiger partial charge in [-0.3, -0.25) is 4.79 Å². The molecule has 1 saturated heterocycles. The normalized spacial score (nSPS) is 13.6. The summed E-state index contributed by atoms with van der Waals surface area (Å²) in [6.45, 7) is 1.61. The zero-order chi connectivity index (χ0) is 18.5. The topological polar surface area (TPSA) is 56.6 Å². The Morgan fingerprint density at radius 1 is 1.08 bits per heavy atom. The molecule has 0 amide bonds. The van der Waals surface area contributed by atoms with Gasteiger partial charge in [0.1, 0.15) is 0 Å². The predicted molar refractivity (Wildman–Crippen MR) is 105 cm³/mol. The molecule has 0 radical (unpaired) electrons. The number of nitriles is 1. The second kappa shape index (κ2) is 7.98. The molecule has 2 aromatic rings. The summed E-state index contributed by atoms with van der Waals surface area (Å²) in [4.78, 5) is 15.4. The molecule has 0 N–H and O–H groups in total. The van der Waals surface area contributed by atoms with Crippen LogP contribution in [0.25, 0.3) is 0 Å². The van der Waals surface area contributed by atoms with Crippen molar-refractivity contribution >= 4 is 34.7 Å². The van der Waals surface area contributed by atoms with E-state index in [1.165, 1.54) is 7.11 Å². The quantitative estimate of drug-likeness (QED) is 0.599. The molecule has 1 aliphatic heterocycles. The van der Waals surface area contributed by atoms with Crippen LogP contribution >= 0.6 is 12.2 Å². The van der Waals surface area contributed by atoms with Gasteiger partial charge in [0.05, 0.1) is 18.7 Å². The van der Waals surface area contributed by atoms with Crippen LogP contribution in [0.5, 0.6) is 0 Å². The Morgan fingerprint density at radius 2 is 1.62 bits per heavy atom. The summed E-state index contributed by atoms with van der Waals surface area (Å²) in [5, 5.41) is 9.67. The van der Waals surface area contributed by atoms with E-state index in [1.54, 1.807) is 12.1 Å². The van der Waals surface area contributed by atoms with E-state index in [0.29, 0.717) is 18.4 Å². The smallest absolute Gasteiger partial charge is 0.305 e. The number of hydrogen-bond acceptors (Lipinski definition) is 4. The maximum Gasteiger partial charge on any atom is 0.305 e. The van der Waals surface area contributed by atoms with Crippen LogP contribution in [0.4, 0.5) is 11.4 Å². The Bertz CT molecular complexity index is 841. The van der Waals surface area contributed by atoms with Gasteiger partial charge in [-0.05, 0) is 60.6 Å². The fraction of sp³-hybridized carbons (Fsp3) is 0.250. The summed E-state index contributed by atoms with van der Waals surface area (Å²) in [5.41, 5.74) is 3.76. The lowest BCUT2D eigenvalue weighted by molar-refractivity contribution is -0.140. The van der Waals surface area contributed by atoms with Crippen molar-refractivity contribution < 1.29 is 9.53 Å². The predicted octanol–water partition coefficient (Wildman–Crippen LogP) is 3.28. The molecular weight excluding hydrogens is 346 g/mol. The van der Waals surface area contributed by atoms with Crippen molar-refractivity contribution in [1.29, 1.82) is 5.26 Å². The summed E-state index contributed by atoms with van der Waals surface area (Å²) < 4.78 is 4.67. The zero-order valence-electron chi connectivity index (χ0n) is 14.5. The van der Waals surface area contributed by atoms with Crippen LogP contribution in [0.2, 0.25) is 0 Å². The van der Waals surface area contributed by atoms with Crippen LogP contribution in [0.3, 0.4) is 0 Å². The average Bonchev–Trinajstić information content (AvgIpc) is 3.08. The van der Waals surface area contributed by atoms with E-state index in [4.69, 9.17) is 17.5 Å². The first-order valence-electron chi connectivity index (χ1n) is 8.37. The zero-order valence-corrected chi connectivity index (χ0v) is 15.3. The molecule has 1 aliphatic rings. The molecule has 0 spiro atoms. The highest BCUT2D eigenvalue weighted by Gasteiger charge is 2.27. The van der Waals surface area contributed by atoms with Gasteiger partial charge in [-0.15, -0.1) is 0 Å². The number of rotatable bonds is 5. The van der Waals surface area contributed by atoms with Gasteiger partial charge in [-0.1, -0.05) is 12.1 Å². The summed E-state index contributed by atoms with van der Waals surface area (Å²) >= 11 is 5.65. The fourth-order valence-electron chi connectivity index (χ4n) is 2.92. The molecule has 0 saturated carbocycles. The molecule has 0 aliphatic carbocycles. The third kappa shape index (κ3) is 3.84. The molecule has 132 valence electrons. The molecule has 1 fully saturated rings. The van der Waals surface area contributed by atoms with Gasteiger partial charge in [0.25, 0.3) is 0 Å². The highest BCUT2D eigenvalue weighted by atomic mass is 32.1. The Balaban J connectivity index is 1.67. The molecule has 0 bridgehead atoms. The number of hydrogen-bond donors (Lipinski definition) is 0. The van der Waals surface area contributed by atoms with E-state index in [2.05, 4.69) is 20.6 Å². The molecule has 26 heavy (non-hydrogen) atoms. The van der Waals surface area contributed by atoms with Crippen LogP contribution in [0.1, 0.15) is 17.5 Å². The Labute approximate surface area is 158 Å². The van der Waals surface area contributed by atoms with Crippen molar-refractivity contribution in [2.45, 2.75) is 12.8 Å². The van der Waals surface area contributed by atoms with Crippen molar-refractivity contribution in [3.8, 4) is 6.07 Å². The van der Waals surface area contributed by atoms with Crippen LogP contribution < -0.4 is 9.80 Å². The first-order valence-corrected chi connectivity index (χ1v) is 8.78. The van der Waals surface area contributed by atoms with Crippen LogP contribution in [-0.2, 0) is 16.0 Å². The lowest BCUT2D eigenvalue weighted by atomic mass is 10.1. The van der Waals surface area contributed by atoms with Gasteiger partial charge in [0.15, 0.2) is 5.11 Å². The molecule has 5 nitrogen and oxygen atoms in total. The first kappa shape index (κ1) is 17.9. The van der Waals surface area contributed by atoms with Gasteiger partial charge < -0.3 is 14.5 Å². The Hall–Kier alpha value is -2.91. The standard InChI is InChI=1S/C20H19N3O2S/c1-25-19(24)11-6-15-2-7-17(8-3-15)22-12-13-23(20(22)26)18-9-4-16(14-21)5-10-18/h2-5,7-10H,6,11-13H2,1H3. The van der Waals surface area contributed by atoms with Crippen molar-refractivity contribution in [2.75, 3.05) is 30.0 Å². The fourth-order valence-corrected chi connectivity index (χ4v) is 3.32. The lowest BCUT2D eigenvalue weighted by Gasteiger charge is -2.22. The van der Waals surface area contributed by atoms with Crippen molar-refractivity contribution in [3.05, 3.63) is 59.7 Å². The minimum absolute atomic E-state index is 0.201. The van der Waals surface area contributed by atoms with Gasteiger partial charge in [-0.25, -0.2) is 0 Å². The number of methoxy groups -OCH3 is 1. The van der Waals surface area contributed by atoms with Gasteiger partial charge in [0.2, 0.25) is 0 Å². The van der Waals surface area contributed by atoms with Crippen LogP contribution in [-0.4, -0.2) is 31.3 Å². The molecule has 0 unspecified atom stereocenters. The SMILES string of the molecule is COC(=O)CCc1ccc(N2CCN(c3ccc(C#N)cc3)C2=S)cc1. The Kier molecular flexibility index (Phi) is 5.49. The van der Waals surface area contributed by atoms with Gasteiger partial charge in [0, 0.05) is 30.9 Å². The highest BCUT2D eigenvalue weighted by molar-refractivity contribution is 7.80. The summed E-state index contributed by atoms with van der Waals surface area (Å²) in [7, 11) is 1.40. The van der Waals surface area contributed by atoms with E-state index in [0.717, 1.165) is 35.1 Å². The van der Waals surface area contributed by atoms with E-state index in [9.17, 15) is 4.79 Å². The third-order valence-electron chi connectivity index (χ3n) is 4.41. The van der Waals surface area contributed by atoms with Crippen molar-refractivity contribution in [2.24, 2.45) is 0 Å².